The van der Waals surface area contributed by atoms with Crippen LogP contribution in [0.15, 0.2) is 64.4 Å². The van der Waals surface area contributed by atoms with Crippen molar-refractivity contribution in [2.75, 3.05) is 11.8 Å². The number of ether oxygens (including phenoxy) is 2. The summed E-state index contributed by atoms with van der Waals surface area (Å²) in [7, 11) is 0. The van der Waals surface area contributed by atoms with Gasteiger partial charge in [0.25, 0.3) is 0 Å². The number of hydrazone groups is 1. The Morgan fingerprint density at radius 1 is 0.969 bits per heavy atom. The highest BCUT2D eigenvalue weighted by molar-refractivity contribution is 7.14. The van der Waals surface area contributed by atoms with Gasteiger partial charge in [-0.3, -0.25) is 0 Å². The number of hydrogen-bond acceptors (Lipinski definition) is 7. The van der Waals surface area contributed by atoms with Crippen molar-refractivity contribution >= 4 is 56.7 Å². The standard InChI is InChI=1S/C23H15Cl2N3O2S2/c24-15-5-3-13(8-16(15)25)18-11-32-23(26-18)28-19(10-17(27-28)22-2-1-7-31-22)14-4-6-20-21(9-14)30-12-29-20/h1-9,11,19H,10,12H2/t19-/m0/s1. The van der Waals surface area contributed by atoms with Crippen LogP contribution in [0.4, 0.5) is 5.13 Å². The second kappa shape index (κ2) is 8.08. The van der Waals surface area contributed by atoms with Crippen molar-refractivity contribution in [1.29, 1.82) is 0 Å². The van der Waals surface area contributed by atoms with Gasteiger partial charge in [0.1, 0.15) is 0 Å². The molecule has 4 aromatic rings. The van der Waals surface area contributed by atoms with Crippen LogP contribution in [-0.2, 0) is 0 Å². The highest BCUT2D eigenvalue weighted by atomic mass is 35.5. The van der Waals surface area contributed by atoms with Crippen LogP contribution in [0.1, 0.15) is 22.9 Å². The van der Waals surface area contributed by atoms with Crippen LogP contribution in [-0.4, -0.2) is 17.5 Å². The van der Waals surface area contributed by atoms with Gasteiger partial charge >= 0.3 is 0 Å². The van der Waals surface area contributed by atoms with Gasteiger partial charge in [-0.2, -0.15) is 5.10 Å². The van der Waals surface area contributed by atoms with Gasteiger partial charge in [-0.15, -0.1) is 22.7 Å². The molecular weight excluding hydrogens is 485 g/mol. The molecule has 0 N–H and O–H groups in total. The van der Waals surface area contributed by atoms with Gasteiger partial charge in [0.2, 0.25) is 11.9 Å². The molecule has 32 heavy (non-hydrogen) atoms. The van der Waals surface area contributed by atoms with Gasteiger partial charge in [0.15, 0.2) is 11.5 Å². The predicted molar refractivity (Wildman–Crippen MR) is 131 cm³/mol. The Morgan fingerprint density at radius 3 is 2.72 bits per heavy atom. The topological polar surface area (TPSA) is 47.0 Å². The summed E-state index contributed by atoms with van der Waals surface area (Å²) in [4.78, 5) is 6.05. The van der Waals surface area contributed by atoms with Gasteiger partial charge in [-0.1, -0.05) is 41.4 Å². The van der Waals surface area contributed by atoms with E-state index in [1.807, 2.05) is 40.7 Å². The van der Waals surface area contributed by atoms with Crippen LogP contribution < -0.4 is 14.5 Å². The third kappa shape index (κ3) is 3.55. The molecule has 0 amide bonds. The third-order valence-electron chi connectivity index (χ3n) is 5.40. The molecule has 0 aliphatic carbocycles. The minimum atomic E-state index is 0.00871. The van der Waals surface area contributed by atoms with E-state index in [9.17, 15) is 0 Å². The van der Waals surface area contributed by atoms with E-state index in [2.05, 4.69) is 17.5 Å². The summed E-state index contributed by atoms with van der Waals surface area (Å²) in [5, 5.41) is 12.9. The summed E-state index contributed by atoms with van der Waals surface area (Å²) in [6.07, 6.45) is 0.780. The van der Waals surface area contributed by atoms with Crippen LogP contribution in [0.3, 0.4) is 0 Å². The van der Waals surface area contributed by atoms with E-state index in [-0.39, 0.29) is 12.8 Å². The number of nitrogens with zero attached hydrogens (tertiary/aromatic N) is 3. The number of aromatic nitrogens is 1. The molecule has 0 fully saturated rings. The molecule has 0 spiro atoms. The molecule has 6 rings (SSSR count). The van der Waals surface area contributed by atoms with Crippen molar-refractivity contribution in [2.24, 2.45) is 5.10 Å². The zero-order valence-corrected chi connectivity index (χ0v) is 19.6. The Hall–Kier alpha value is -2.58. The quantitative estimate of drug-likeness (QED) is 0.296. The molecule has 0 saturated heterocycles. The number of rotatable bonds is 4. The van der Waals surface area contributed by atoms with Gasteiger partial charge < -0.3 is 9.47 Å². The number of benzene rings is 2. The van der Waals surface area contributed by atoms with E-state index < -0.39 is 0 Å². The normalized spacial score (nSPS) is 17.1. The molecule has 2 aromatic heterocycles. The zero-order valence-electron chi connectivity index (χ0n) is 16.5. The van der Waals surface area contributed by atoms with E-state index in [0.29, 0.717) is 10.0 Å². The molecule has 5 nitrogen and oxygen atoms in total. The highest BCUT2D eigenvalue weighted by Gasteiger charge is 2.33. The Kier molecular flexibility index (Phi) is 5.07. The Balaban J connectivity index is 1.38. The molecule has 0 bridgehead atoms. The Labute approximate surface area is 202 Å². The first kappa shape index (κ1) is 20.1. The van der Waals surface area contributed by atoms with Crippen LogP contribution >= 0.6 is 45.9 Å². The molecule has 0 unspecified atom stereocenters. The molecule has 2 aliphatic rings. The van der Waals surface area contributed by atoms with Crippen LogP contribution in [0.2, 0.25) is 10.0 Å². The molecule has 4 heterocycles. The monoisotopic (exact) mass is 499 g/mol. The van der Waals surface area contributed by atoms with Gasteiger partial charge in [-0.25, -0.2) is 9.99 Å². The summed E-state index contributed by atoms with van der Waals surface area (Å²) in [6, 6.07) is 15.8. The van der Waals surface area contributed by atoms with E-state index in [0.717, 1.165) is 45.6 Å². The molecule has 9 heteroatoms. The van der Waals surface area contributed by atoms with Crippen LogP contribution in [0, 0.1) is 0 Å². The number of anilines is 1. The zero-order chi connectivity index (χ0) is 21.7. The number of thiazole rings is 1. The minimum absolute atomic E-state index is 0.00871. The molecule has 0 saturated carbocycles. The fourth-order valence-electron chi connectivity index (χ4n) is 3.82. The van der Waals surface area contributed by atoms with E-state index in [1.165, 1.54) is 4.88 Å². The maximum atomic E-state index is 6.21. The summed E-state index contributed by atoms with van der Waals surface area (Å²) < 4.78 is 11.1. The summed E-state index contributed by atoms with van der Waals surface area (Å²) in [6.45, 7) is 0.254. The smallest absolute Gasteiger partial charge is 0.231 e. The summed E-state index contributed by atoms with van der Waals surface area (Å²) in [5.41, 5.74) is 3.92. The third-order valence-corrected chi connectivity index (χ3v) is 7.89. The fraction of sp³-hybridized carbons (Fsp3) is 0.130. The lowest BCUT2D eigenvalue weighted by Crippen LogP contribution is -2.18. The summed E-state index contributed by atoms with van der Waals surface area (Å²) >= 11 is 15.5. The average molecular weight is 500 g/mol. The molecule has 1 atom stereocenters. The predicted octanol–water partition coefficient (Wildman–Crippen LogP) is 7.26. The van der Waals surface area contributed by atoms with Crippen molar-refractivity contribution < 1.29 is 9.47 Å². The molecule has 0 radical (unpaired) electrons. The molecule has 2 aliphatic heterocycles. The largest absolute Gasteiger partial charge is 0.454 e. The second-order valence-electron chi connectivity index (χ2n) is 7.35. The fourth-order valence-corrected chi connectivity index (χ4v) is 5.67. The maximum Gasteiger partial charge on any atom is 0.231 e. The minimum Gasteiger partial charge on any atom is -0.454 e. The first-order valence-corrected chi connectivity index (χ1v) is 12.4. The second-order valence-corrected chi connectivity index (χ2v) is 9.94. The van der Waals surface area contributed by atoms with E-state index in [4.69, 9.17) is 42.8 Å². The lowest BCUT2D eigenvalue weighted by Gasteiger charge is -2.21. The number of hydrogen-bond donors (Lipinski definition) is 0. The van der Waals surface area contributed by atoms with Gasteiger partial charge in [0, 0.05) is 17.4 Å². The molecular formula is C23H15Cl2N3O2S2. The van der Waals surface area contributed by atoms with E-state index >= 15 is 0 Å². The van der Waals surface area contributed by atoms with Gasteiger partial charge in [0.05, 0.1) is 32.4 Å². The first-order valence-electron chi connectivity index (χ1n) is 9.87. The van der Waals surface area contributed by atoms with Crippen LogP contribution in [0.5, 0.6) is 11.5 Å². The maximum absolute atomic E-state index is 6.21. The number of halogens is 2. The molecule has 160 valence electrons. The van der Waals surface area contributed by atoms with Gasteiger partial charge in [-0.05, 0) is 41.3 Å². The first-order chi connectivity index (χ1) is 15.7. The van der Waals surface area contributed by atoms with E-state index in [1.54, 1.807) is 28.7 Å². The Bertz CT molecular complexity index is 1340. The van der Waals surface area contributed by atoms with Crippen molar-refractivity contribution in [1.82, 2.24) is 4.98 Å². The lowest BCUT2D eigenvalue weighted by molar-refractivity contribution is 0.174. The highest BCUT2D eigenvalue weighted by Crippen LogP contribution is 2.43. The van der Waals surface area contributed by atoms with Crippen LogP contribution in [0.25, 0.3) is 11.3 Å². The van der Waals surface area contributed by atoms with Crippen molar-refractivity contribution in [3.05, 3.63) is 79.8 Å². The number of fused-ring (bicyclic) bond motifs is 1. The van der Waals surface area contributed by atoms with Crippen molar-refractivity contribution in [3.63, 3.8) is 0 Å². The average Bonchev–Trinajstić information content (AvgIpc) is 3.60. The summed E-state index contributed by atoms with van der Waals surface area (Å²) in [5.74, 6) is 1.54. The lowest BCUT2D eigenvalue weighted by atomic mass is 10.0. The Morgan fingerprint density at radius 2 is 1.88 bits per heavy atom. The SMILES string of the molecule is Clc1ccc(-c2csc(N3N=C(c4cccs4)C[C@H]3c3ccc4c(c3)OCO4)n2)cc1Cl. The van der Waals surface area contributed by atoms with Crippen molar-refractivity contribution in [3.8, 4) is 22.8 Å². The van der Waals surface area contributed by atoms with Crippen molar-refractivity contribution in [2.45, 2.75) is 12.5 Å². The molecule has 2 aromatic carbocycles. The number of thiophene rings is 1.